The molecule has 0 saturated heterocycles. The Balaban J connectivity index is 2.12. The van der Waals surface area contributed by atoms with Crippen LogP contribution in [0.15, 0.2) is 12.4 Å². The molecular weight excluding hydrogens is 364 g/mol. The molecule has 0 aromatic heterocycles. The molecule has 3 heteroatoms. The van der Waals surface area contributed by atoms with Crippen LogP contribution in [0, 0.1) is 0 Å². The lowest BCUT2D eigenvalue weighted by molar-refractivity contribution is 0.101. The van der Waals surface area contributed by atoms with Crippen LogP contribution in [-0.4, -0.2) is 28.0 Å². The first-order valence-corrected chi connectivity index (χ1v) is 13.0. The maximum atomic E-state index is 7.06. The Hall–Kier alpha value is -0.370. The van der Waals surface area contributed by atoms with E-state index in [2.05, 4.69) is 43.0 Å². The molecule has 2 nitrogen and oxygen atoms in total. The van der Waals surface area contributed by atoms with Crippen LogP contribution in [0.2, 0.25) is 0 Å². The van der Waals surface area contributed by atoms with Crippen molar-refractivity contribution in [2.24, 2.45) is 0 Å². The summed E-state index contributed by atoms with van der Waals surface area (Å²) in [6.07, 6.45) is 27.4. The summed E-state index contributed by atoms with van der Waals surface area (Å²) in [6.45, 7) is 8.98. The van der Waals surface area contributed by atoms with Crippen LogP contribution in [-0.2, 0) is 0 Å². The summed E-state index contributed by atoms with van der Waals surface area (Å²) < 4.78 is 0. The quantitative estimate of drug-likeness (QED) is 0.119. The summed E-state index contributed by atoms with van der Waals surface area (Å²) in [5, 5.41) is -0.317. The third kappa shape index (κ3) is 9.90. The van der Waals surface area contributed by atoms with E-state index in [4.69, 9.17) is 11.6 Å². The van der Waals surface area contributed by atoms with Crippen LogP contribution in [0.5, 0.6) is 0 Å². The topological polar surface area (TPSA) is 6.48 Å². The average molecular weight is 413 g/mol. The number of unbranched alkanes of at least 4 members (excludes halogenated alkanes) is 14. The van der Waals surface area contributed by atoms with Gasteiger partial charge in [0, 0.05) is 31.9 Å². The van der Waals surface area contributed by atoms with Gasteiger partial charge in [-0.15, -0.1) is 0 Å². The Bertz CT molecular complexity index is 385. The van der Waals surface area contributed by atoms with Crippen LogP contribution >= 0.6 is 11.6 Å². The van der Waals surface area contributed by atoms with Crippen molar-refractivity contribution in [2.45, 2.75) is 135 Å². The second-order valence-electron chi connectivity index (χ2n) is 8.71. The minimum absolute atomic E-state index is 0.317. The highest BCUT2D eigenvalue weighted by Crippen LogP contribution is 2.35. The van der Waals surface area contributed by atoms with Crippen molar-refractivity contribution < 1.29 is 0 Å². The van der Waals surface area contributed by atoms with Crippen LogP contribution < -0.4 is 0 Å². The second-order valence-corrected chi connectivity index (χ2v) is 9.31. The molecule has 1 unspecified atom stereocenters. The normalized spacial score (nSPS) is 19.1. The van der Waals surface area contributed by atoms with Crippen molar-refractivity contribution >= 4 is 11.6 Å². The van der Waals surface area contributed by atoms with E-state index in [0.717, 1.165) is 19.5 Å². The summed E-state index contributed by atoms with van der Waals surface area (Å²) in [5.74, 6) is 0. The maximum Gasteiger partial charge on any atom is 0.190 e. The third-order valence-electron chi connectivity index (χ3n) is 6.26. The monoisotopic (exact) mass is 412 g/mol. The smallest absolute Gasteiger partial charge is 0.190 e. The van der Waals surface area contributed by atoms with Gasteiger partial charge in [0.15, 0.2) is 5.12 Å². The standard InChI is InChI=1S/C25H49ClN2/c1-4-7-9-11-13-14-15-16-18-20-22-28-24-23-27(25(28,26)6-3)21-19-17-12-10-8-5-2/h23-24H,4-22H2,1-3H3. The number of alkyl halides is 1. The first-order valence-electron chi connectivity index (χ1n) is 12.6. The molecule has 0 bridgehead atoms. The molecule has 0 spiro atoms. The van der Waals surface area contributed by atoms with Crippen molar-refractivity contribution in [1.29, 1.82) is 0 Å². The molecule has 0 amide bonds. The maximum absolute atomic E-state index is 7.06. The van der Waals surface area contributed by atoms with Crippen molar-refractivity contribution in [3.05, 3.63) is 12.4 Å². The van der Waals surface area contributed by atoms with Gasteiger partial charge < -0.3 is 9.80 Å². The van der Waals surface area contributed by atoms with Crippen molar-refractivity contribution in [1.82, 2.24) is 9.80 Å². The molecule has 0 radical (unpaired) electrons. The minimum Gasteiger partial charge on any atom is -0.341 e. The predicted molar refractivity (Wildman–Crippen MR) is 127 cm³/mol. The highest BCUT2D eigenvalue weighted by molar-refractivity contribution is 6.23. The zero-order valence-electron chi connectivity index (χ0n) is 19.4. The molecule has 1 atom stereocenters. The molecule has 0 saturated carbocycles. The molecule has 1 aliphatic rings. The van der Waals surface area contributed by atoms with Gasteiger partial charge in [0.1, 0.15) is 0 Å². The van der Waals surface area contributed by atoms with Crippen LogP contribution in [0.25, 0.3) is 0 Å². The lowest BCUT2D eigenvalue weighted by Crippen LogP contribution is -2.48. The lowest BCUT2D eigenvalue weighted by atomic mass is 10.1. The van der Waals surface area contributed by atoms with Gasteiger partial charge in [0.2, 0.25) is 0 Å². The molecular formula is C25H49ClN2. The van der Waals surface area contributed by atoms with E-state index in [1.54, 1.807) is 0 Å². The summed E-state index contributed by atoms with van der Waals surface area (Å²) in [6, 6.07) is 0. The highest BCUT2D eigenvalue weighted by atomic mass is 35.5. The SMILES string of the molecule is CCCCCCCCCCCCN1C=CN(CCCCCCCC)C1(Cl)CC. The van der Waals surface area contributed by atoms with Crippen molar-refractivity contribution in [3.8, 4) is 0 Å². The molecule has 0 aliphatic carbocycles. The van der Waals surface area contributed by atoms with E-state index in [9.17, 15) is 0 Å². The number of hydrogen-bond acceptors (Lipinski definition) is 2. The van der Waals surface area contributed by atoms with E-state index < -0.39 is 0 Å². The molecule has 0 aromatic rings. The molecule has 1 aliphatic heterocycles. The number of rotatable bonds is 19. The first kappa shape index (κ1) is 25.7. The minimum atomic E-state index is -0.317. The fraction of sp³-hybridized carbons (Fsp3) is 0.920. The van der Waals surface area contributed by atoms with Crippen LogP contribution in [0.3, 0.4) is 0 Å². The van der Waals surface area contributed by atoms with Gasteiger partial charge in [-0.05, 0) is 12.8 Å². The first-order chi connectivity index (χ1) is 13.7. The number of nitrogens with zero attached hydrogens (tertiary/aromatic N) is 2. The number of hydrogen-bond donors (Lipinski definition) is 0. The predicted octanol–water partition coefficient (Wildman–Crippen LogP) is 8.66. The van der Waals surface area contributed by atoms with E-state index in [1.807, 2.05) is 0 Å². The summed E-state index contributed by atoms with van der Waals surface area (Å²) in [7, 11) is 0. The number of halogens is 1. The Labute approximate surface area is 182 Å². The fourth-order valence-electron chi connectivity index (χ4n) is 4.28. The average Bonchev–Trinajstić information content (AvgIpc) is 3.02. The molecule has 0 fully saturated rings. The molecule has 0 aromatic carbocycles. The zero-order valence-corrected chi connectivity index (χ0v) is 20.1. The molecule has 1 rings (SSSR count). The summed E-state index contributed by atoms with van der Waals surface area (Å²) in [4.78, 5) is 4.76. The van der Waals surface area contributed by atoms with Gasteiger partial charge >= 0.3 is 0 Å². The largest absolute Gasteiger partial charge is 0.341 e. The second kappa shape index (κ2) is 16.4. The van der Waals surface area contributed by atoms with Gasteiger partial charge in [0.05, 0.1) is 0 Å². The van der Waals surface area contributed by atoms with Crippen LogP contribution in [0.1, 0.15) is 130 Å². The van der Waals surface area contributed by atoms with E-state index >= 15 is 0 Å². The Kier molecular flexibility index (Phi) is 15.1. The molecule has 1 heterocycles. The van der Waals surface area contributed by atoms with Crippen molar-refractivity contribution in [3.63, 3.8) is 0 Å². The van der Waals surface area contributed by atoms with E-state index in [0.29, 0.717) is 0 Å². The summed E-state index contributed by atoms with van der Waals surface area (Å²) in [5.41, 5.74) is 0. The molecule has 166 valence electrons. The van der Waals surface area contributed by atoms with E-state index in [1.165, 1.54) is 103 Å². The Morgan fingerprint density at radius 1 is 0.536 bits per heavy atom. The molecule has 28 heavy (non-hydrogen) atoms. The Morgan fingerprint density at radius 2 is 0.857 bits per heavy atom. The van der Waals surface area contributed by atoms with Gasteiger partial charge in [0.25, 0.3) is 0 Å². The third-order valence-corrected chi connectivity index (χ3v) is 6.96. The highest BCUT2D eigenvalue weighted by Gasteiger charge is 2.39. The van der Waals surface area contributed by atoms with Gasteiger partial charge in [-0.25, -0.2) is 0 Å². The van der Waals surface area contributed by atoms with Gasteiger partial charge in [-0.1, -0.05) is 122 Å². The van der Waals surface area contributed by atoms with E-state index in [-0.39, 0.29) is 5.12 Å². The molecule has 0 N–H and O–H groups in total. The fourth-order valence-corrected chi connectivity index (χ4v) is 4.57. The zero-order chi connectivity index (χ0) is 20.5. The van der Waals surface area contributed by atoms with Gasteiger partial charge in [-0.3, -0.25) is 0 Å². The van der Waals surface area contributed by atoms with Crippen molar-refractivity contribution in [2.75, 3.05) is 13.1 Å². The van der Waals surface area contributed by atoms with Gasteiger partial charge in [-0.2, -0.15) is 0 Å². The Morgan fingerprint density at radius 3 is 1.18 bits per heavy atom. The summed E-state index contributed by atoms with van der Waals surface area (Å²) >= 11 is 7.06. The lowest BCUT2D eigenvalue weighted by Gasteiger charge is -2.40. The van der Waals surface area contributed by atoms with Crippen LogP contribution in [0.4, 0.5) is 0 Å².